The predicted octanol–water partition coefficient (Wildman–Crippen LogP) is -2.33. The summed E-state index contributed by atoms with van der Waals surface area (Å²) in [6.45, 7) is 0. The van der Waals surface area contributed by atoms with Crippen LogP contribution < -0.4 is 36.9 Å². The molecule has 0 aliphatic rings. The Labute approximate surface area is 80.5 Å². The molecule has 0 bridgehead atoms. The minimum Gasteiger partial charge on any atom is -0.412 e. The molecule has 0 fully saturated rings. The Bertz CT molecular complexity index is 14.5. The largest absolute Gasteiger partial charge is 0.412 e. The normalized spacial score (nSPS) is 0. The fourth-order valence-electron chi connectivity index (χ4n) is 0. The molecule has 0 heterocycles. The van der Waals surface area contributed by atoms with Crippen LogP contribution in [0.3, 0.4) is 0 Å². The maximum Gasteiger partial charge on any atom is 0 e. The molecule has 0 aliphatic carbocycles. The molecule has 0 radical (unpaired) electrons. The molecule has 0 amide bonds. The van der Waals surface area contributed by atoms with Gasteiger partial charge in [-0.3, -0.25) is 0 Å². The van der Waals surface area contributed by atoms with Gasteiger partial charge in [0.15, 0.2) is 0 Å². The number of hydrogen-bond donors (Lipinski definition) is 6. The third kappa shape index (κ3) is 8500. The first-order valence-corrected chi connectivity index (χ1v) is 0. The molecular formula is H26MoN6O4. The summed E-state index contributed by atoms with van der Waals surface area (Å²) in [4.78, 5) is 0. The van der Waals surface area contributed by atoms with Gasteiger partial charge in [0.2, 0.25) is 0 Å². The van der Waals surface area contributed by atoms with Crippen LogP contribution in [-0.2, 0) is 21.1 Å². The summed E-state index contributed by atoms with van der Waals surface area (Å²) in [5.41, 5.74) is 0. The summed E-state index contributed by atoms with van der Waals surface area (Å²) in [5, 5.41) is 0. The van der Waals surface area contributed by atoms with E-state index in [1.165, 1.54) is 0 Å². The summed E-state index contributed by atoms with van der Waals surface area (Å²) in [5.74, 6) is 0. The predicted molar refractivity (Wildman–Crippen MR) is 44.6 cm³/mol. The smallest absolute Gasteiger partial charge is 0 e. The van der Waals surface area contributed by atoms with Gasteiger partial charge < -0.3 is 58.8 Å². The van der Waals surface area contributed by atoms with E-state index in [9.17, 15) is 0 Å². The molecule has 0 saturated carbocycles. The maximum absolute atomic E-state index is 0. The first kappa shape index (κ1) is 14400. The Balaban J connectivity index is 0. The molecule has 0 aliphatic heterocycles. The van der Waals surface area contributed by atoms with E-state index in [0.717, 1.165) is 0 Å². The van der Waals surface area contributed by atoms with Gasteiger partial charge in [-0.15, -0.1) is 0 Å². The molecule has 0 aromatic rings. The molecule has 11 heavy (non-hydrogen) atoms. The van der Waals surface area contributed by atoms with Crippen molar-refractivity contribution in [2.45, 2.75) is 0 Å². The van der Waals surface area contributed by atoms with Gasteiger partial charge in [-0.2, -0.15) is 0 Å². The molecule has 86 valence electrons. The molecule has 11 heteroatoms. The van der Waals surface area contributed by atoms with Gasteiger partial charge in [0, 0.05) is 21.1 Å². The van der Waals surface area contributed by atoms with Crippen molar-refractivity contribution in [3.05, 3.63) is 0 Å². The summed E-state index contributed by atoms with van der Waals surface area (Å²) in [7, 11) is 0. The summed E-state index contributed by atoms with van der Waals surface area (Å²) in [6, 6.07) is 0. The van der Waals surface area contributed by atoms with Crippen LogP contribution in [0.1, 0.15) is 0 Å². The molecule has 0 unspecified atom stereocenters. The zero-order valence-corrected chi connectivity index (χ0v) is 8.66. The number of rotatable bonds is 0. The van der Waals surface area contributed by atoms with Crippen molar-refractivity contribution >= 4 is 0 Å². The second-order valence-electron chi connectivity index (χ2n) is 0. The van der Waals surface area contributed by atoms with Crippen LogP contribution in [0.15, 0.2) is 0 Å². The van der Waals surface area contributed by atoms with E-state index in [4.69, 9.17) is 0 Å². The van der Waals surface area contributed by atoms with Crippen LogP contribution in [0.4, 0.5) is 0 Å². The van der Waals surface area contributed by atoms with Crippen molar-refractivity contribution in [1.29, 1.82) is 0 Å². The second-order valence-corrected chi connectivity index (χ2v) is 0. The first-order chi connectivity index (χ1) is 0. The average Bonchev–Trinajstić information content (AvgIpc) is 0. The SMILES string of the molecule is N.N.N.N.N.N.O.O.O.O.[Mo]. The van der Waals surface area contributed by atoms with Gasteiger partial charge in [-0.25, -0.2) is 0 Å². The molecule has 0 saturated heterocycles. The Morgan fingerprint density at radius 1 is 0.273 bits per heavy atom. The average molecular weight is 270 g/mol. The van der Waals surface area contributed by atoms with Crippen molar-refractivity contribution in [2.75, 3.05) is 0 Å². The van der Waals surface area contributed by atoms with Gasteiger partial charge in [0.25, 0.3) is 0 Å². The van der Waals surface area contributed by atoms with Crippen LogP contribution in [0.25, 0.3) is 0 Å². The first-order valence-electron chi connectivity index (χ1n) is 0. The van der Waals surface area contributed by atoms with Crippen LogP contribution in [0, 0.1) is 0 Å². The molecule has 26 N–H and O–H groups in total. The third-order valence-electron chi connectivity index (χ3n) is 0. The minimum absolute atomic E-state index is 0. The topological polar surface area (TPSA) is 336 Å². The van der Waals surface area contributed by atoms with Crippen molar-refractivity contribution in [3.63, 3.8) is 0 Å². The monoisotopic (exact) mass is 272 g/mol. The van der Waals surface area contributed by atoms with Crippen LogP contribution in [0.5, 0.6) is 0 Å². The fraction of sp³-hybridized carbons (Fsp3) is 0. The quantitative estimate of drug-likeness (QED) is 0.261. The Hall–Kier alpha value is 0.288. The van der Waals surface area contributed by atoms with E-state index in [1.54, 1.807) is 0 Å². The molecular weight excluding hydrogens is 244 g/mol. The van der Waals surface area contributed by atoms with Crippen molar-refractivity contribution in [3.8, 4) is 0 Å². The maximum atomic E-state index is 0. The Kier molecular flexibility index (Phi) is 14000000. The van der Waals surface area contributed by atoms with Gasteiger partial charge >= 0.3 is 0 Å². The van der Waals surface area contributed by atoms with E-state index in [-0.39, 0.29) is 79.9 Å². The number of hydrogen-bond acceptors (Lipinski definition) is 6. The molecule has 0 atom stereocenters. The van der Waals surface area contributed by atoms with Crippen molar-refractivity contribution < 1.29 is 43.0 Å². The summed E-state index contributed by atoms with van der Waals surface area (Å²) >= 11 is 0. The van der Waals surface area contributed by atoms with E-state index in [0.29, 0.717) is 0 Å². The zero-order chi connectivity index (χ0) is 0. The molecule has 0 aromatic heterocycles. The molecule has 10 nitrogen and oxygen atoms in total. The molecule has 0 rings (SSSR count). The van der Waals surface area contributed by atoms with E-state index in [1.807, 2.05) is 0 Å². The fourth-order valence-corrected chi connectivity index (χ4v) is 0. The van der Waals surface area contributed by atoms with Gasteiger partial charge in [0.1, 0.15) is 0 Å². The summed E-state index contributed by atoms with van der Waals surface area (Å²) in [6.07, 6.45) is 0. The van der Waals surface area contributed by atoms with E-state index < -0.39 is 0 Å². The third-order valence-corrected chi connectivity index (χ3v) is 0. The molecule has 0 aromatic carbocycles. The van der Waals surface area contributed by atoms with Crippen LogP contribution in [0.2, 0.25) is 0 Å². The zero-order valence-electron chi connectivity index (χ0n) is 6.65. The Morgan fingerprint density at radius 3 is 0.273 bits per heavy atom. The van der Waals surface area contributed by atoms with Gasteiger partial charge in [-0.05, 0) is 0 Å². The van der Waals surface area contributed by atoms with Crippen LogP contribution >= 0.6 is 0 Å². The van der Waals surface area contributed by atoms with E-state index in [2.05, 4.69) is 0 Å². The van der Waals surface area contributed by atoms with E-state index >= 15 is 0 Å². The minimum atomic E-state index is 0. The van der Waals surface area contributed by atoms with Gasteiger partial charge in [-0.1, -0.05) is 0 Å². The summed E-state index contributed by atoms with van der Waals surface area (Å²) < 4.78 is 0. The van der Waals surface area contributed by atoms with Crippen molar-refractivity contribution in [1.82, 2.24) is 36.9 Å². The Morgan fingerprint density at radius 2 is 0.273 bits per heavy atom. The standard InChI is InChI=1S/Mo.6H3N.4H2O/h;6*1H3;4*1H2. The van der Waals surface area contributed by atoms with Crippen molar-refractivity contribution in [2.24, 2.45) is 0 Å². The van der Waals surface area contributed by atoms with Crippen LogP contribution in [-0.4, -0.2) is 21.9 Å². The molecule has 0 spiro atoms. The van der Waals surface area contributed by atoms with Gasteiger partial charge in [0.05, 0.1) is 0 Å². The second kappa shape index (κ2) is 10700.